The number of methoxy groups -OCH3 is 1. The van der Waals surface area contributed by atoms with E-state index >= 15 is 0 Å². The van der Waals surface area contributed by atoms with Crippen LogP contribution in [0.25, 0.3) is 5.69 Å². The number of esters is 1. The minimum Gasteiger partial charge on any atom is -0.465 e. The van der Waals surface area contributed by atoms with E-state index in [1.807, 2.05) is 28.9 Å². The standard InChI is InChI=1S/C16H18BrN3O2/c1-22-16(21)14-9-19-20(13-4-2-3-11(17)8-13)15(14)10-5-6-12(18)7-10/h2-4,8-10,12H,5-7,18H2,1H3. The molecule has 0 radical (unpaired) electrons. The first-order valence-electron chi connectivity index (χ1n) is 7.28. The average molecular weight is 364 g/mol. The van der Waals surface area contributed by atoms with Crippen molar-refractivity contribution in [3.8, 4) is 5.69 Å². The van der Waals surface area contributed by atoms with Crippen LogP contribution in [0.3, 0.4) is 0 Å². The molecule has 116 valence electrons. The zero-order chi connectivity index (χ0) is 15.7. The Labute approximate surface area is 137 Å². The number of carbonyl (C=O) groups is 1. The summed E-state index contributed by atoms with van der Waals surface area (Å²) in [5.41, 5.74) is 8.40. The summed E-state index contributed by atoms with van der Waals surface area (Å²) < 4.78 is 7.70. The maximum absolute atomic E-state index is 12.1. The Kier molecular flexibility index (Phi) is 4.31. The molecule has 2 N–H and O–H groups in total. The molecule has 2 unspecified atom stereocenters. The highest BCUT2D eigenvalue weighted by Gasteiger charge is 2.31. The number of nitrogens with two attached hydrogens (primary N) is 1. The van der Waals surface area contributed by atoms with E-state index in [-0.39, 0.29) is 17.9 Å². The van der Waals surface area contributed by atoms with Crippen molar-refractivity contribution in [2.45, 2.75) is 31.2 Å². The van der Waals surface area contributed by atoms with Crippen molar-refractivity contribution in [1.82, 2.24) is 9.78 Å². The summed E-state index contributed by atoms with van der Waals surface area (Å²) in [5.74, 6) is -0.123. The first-order chi connectivity index (χ1) is 10.6. The zero-order valence-corrected chi connectivity index (χ0v) is 13.9. The monoisotopic (exact) mass is 363 g/mol. The second-order valence-electron chi connectivity index (χ2n) is 5.60. The summed E-state index contributed by atoms with van der Waals surface area (Å²) in [6.07, 6.45) is 4.38. The molecule has 5 nitrogen and oxygen atoms in total. The van der Waals surface area contributed by atoms with Gasteiger partial charge >= 0.3 is 5.97 Å². The first-order valence-corrected chi connectivity index (χ1v) is 8.07. The molecule has 2 atom stereocenters. The third kappa shape index (κ3) is 2.80. The molecule has 0 bridgehead atoms. The topological polar surface area (TPSA) is 70.1 Å². The largest absolute Gasteiger partial charge is 0.465 e. The number of hydrogen-bond donors (Lipinski definition) is 1. The molecule has 0 spiro atoms. The second-order valence-corrected chi connectivity index (χ2v) is 6.51. The highest BCUT2D eigenvalue weighted by molar-refractivity contribution is 9.10. The van der Waals surface area contributed by atoms with E-state index in [1.165, 1.54) is 7.11 Å². The van der Waals surface area contributed by atoms with Gasteiger partial charge in [-0.25, -0.2) is 9.48 Å². The van der Waals surface area contributed by atoms with Crippen molar-refractivity contribution >= 4 is 21.9 Å². The number of ether oxygens (including phenoxy) is 1. The lowest BCUT2D eigenvalue weighted by molar-refractivity contribution is 0.0599. The fraction of sp³-hybridized carbons (Fsp3) is 0.375. The van der Waals surface area contributed by atoms with Crippen molar-refractivity contribution < 1.29 is 9.53 Å². The van der Waals surface area contributed by atoms with Gasteiger partial charge in [0.25, 0.3) is 0 Å². The molecule has 1 aromatic heterocycles. The number of halogens is 1. The summed E-state index contributed by atoms with van der Waals surface area (Å²) >= 11 is 3.47. The molecular formula is C16H18BrN3O2. The number of nitrogens with zero attached hydrogens (tertiary/aromatic N) is 2. The summed E-state index contributed by atoms with van der Waals surface area (Å²) in [7, 11) is 1.39. The van der Waals surface area contributed by atoms with Crippen LogP contribution in [0, 0.1) is 0 Å². The molecule has 6 heteroatoms. The molecule has 2 aromatic rings. The van der Waals surface area contributed by atoms with Crippen molar-refractivity contribution in [3.63, 3.8) is 0 Å². The lowest BCUT2D eigenvalue weighted by Gasteiger charge is -2.15. The van der Waals surface area contributed by atoms with Crippen molar-refractivity contribution in [2.75, 3.05) is 7.11 Å². The summed E-state index contributed by atoms with van der Waals surface area (Å²) in [5, 5.41) is 4.42. The highest BCUT2D eigenvalue weighted by Crippen LogP contribution is 2.36. The minimum absolute atomic E-state index is 0.182. The third-order valence-electron chi connectivity index (χ3n) is 4.12. The van der Waals surface area contributed by atoms with E-state index in [4.69, 9.17) is 10.5 Å². The minimum atomic E-state index is -0.350. The Morgan fingerprint density at radius 3 is 2.91 bits per heavy atom. The van der Waals surface area contributed by atoms with Crippen LogP contribution in [0.1, 0.15) is 41.2 Å². The summed E-state index contributed by atoms with van der Waals surface area (Å²) in [4.78, 5) is 12.1. The van der Waals surface area contributed by atoms with E-state index in [0.717, 1.165) is 35.1 Å². The Balaban J connectivity index is 2.10. The molecule has 3 rings (SSSR count). The zero-order valence-electron chi connectivity index (χ0n) is 12.3. The third-order valence-corrected chi connectivity index (χ3v) is 4.62. The van der Waals surface area contributed by atoms with Gasteiger partial charge in [-0.05, 0) is 37.5 Å². The van der Waals surface area contributed by atoms with Crippen LogP contribution in [0.5, 0.6) is 0 Å². The van der Waals surface area contributed by atoms with Crippen LogP contribution in [-0.2, 0) is 4.74 Å². The quantitative estimate of drug-likeness (QED) is 0.850. The molecule has 1 aromatic carbocycles. The molecule has 1 heterocycles. The average Bonchev–Trinajstić information content (AvgIpc) is 3.12. The maximum atomic E-state index is 12.1. The summed E-state index contributed by atoms with van der Waals surface area (Å²) in [6, 6.07) is 8.04. The van der Waals surface area contributed by atoms with Gasteiger partial charge in [0.15, 0.2) is 0 Å². The van der Waals surface area contributed by atoms with Crippen molar-refractivity contribution in [2.24, 2.45) is 5.73 Å². The van der Waals surface area contributed by atoms with Crippen LogP contribution >= 0.6 is 15.9 Å². The number of aromatic nitrogens is 2. The smallest absolute Gasteiger partial charge is 0.341 e. The van der Waals surface area contributed by atoms with Crippen LogP contribution < -0.4 is 5.73 Å². The van der Waals surface area contributed by atoms with Crippen LogP contribution in [-0.4, -0.2) is 28.9 Å². The lowest BCUT2D eigenvalue weighted by atomic mass is 9.99. The van der Waals surface area contributed by atoms with Crippen LogP contribution in [0.15, 0.2) is 34.9 Å². The van der Waals surface area contributed by atoms with Gasteiger partial charge in [-0.1, -0.05) is 22.0 Å². The highest BCUT2D eigenvalue weighted by atomic mass is 79.9. The van der Waals surface area contributed by atoms with Crippen LogP contribution in [0.4, 0.5) is 0 Å². The Morgan fingerprint density at radius 2 is 2.27 bits per heavy atom. The van der Waals surface area contributed by atoms with Crippen molar-refractivity contribution in [1.29, 1.82) is 0 Å². The van der Waals surface area contributed by atoms with E-state index in [1.54, 1.807) is 6.20 Å². The SMILES string of the molecule is COC(=O)c1cnn(-c2cccc(Br)c2)c1C1CCC(N)C1. The van der Waals surface area contributed by atoms with E-state index in [9.17, 15) is 4.79 Å². The van der Waals surface area contributed by atoms with E-state index in [0.29, 0.717) is 5.56 Å². The first kappa shape index (κ1) is 15.2. The Bertz CT molecular complexity index is 698. The number of benzene rings is 1. The molecule has 1 fully saturated rings. The molecule has 1 saturated carbocycles. The van der Waals surface area contributed by atoms with Gasteiger partial charge in [0.1, 0.15) is 5.56 Å². The molecule has 0 amide bonds. The maximum Gasteiger partial charge on any atom is 0.341 e. The molecule has 0 saturated heterocycles. The Morgan fingerprint density at radius 1 is 1.45 bits per heavy atom. The summed E-state index contributed by atoms with van der Waals surface area (Å²) in [6.45, 7) is 0. The molecule has 1 aliphatic carbocycles. The predicted octanol–water partition coefficient (Wildman–Crippen LogP) is 3.02. The van der Waals surface area contributed by atoms with E-state index < -0.39 is 0 Å². The molecule has 0 aliphatic heterocycles. The normalized spacial score (nSPS) is 21.0. The molecular weight excluding hydrogens is 346 g/mol. The van der Waals surface area contributed by atoms with Crippen molar-refractivity contribution in [3.05, 3.63) is 46.2 Å². The fourth-order valence-corrected chi connectivity index (χ4v) is 3.48. The predicted molar refractivity (Wildman–Crippen MR) is 87.2 cm³/mol. The fourth-order valence-electron chi connectivity index (χ4n) is 3.10. The second kappa shape index (κ2) is 6.22. The van der Waals surface area contributed by atoms with Gasteiger partial charge in [0.2, 0.25) is 0 Å². The molecule has 22 heavy (non-hydrogen) atoms. The Hall–Kier alpha value is -1.66. The van der Waals surface area contributed by atoms with Gasteiger partial charge in [0, 0.05) is 16.4 Å². The van der Waals surface area contributed by atoms with Gasteiger partial charge in [-0.15, -0.1) is 0 Å². The van der Waals surface area contributed by atoms with Gasteiger partial charge in [0.05, 0.1) is 24.7 Å². The number of carbonyl (C=O) groups excluding carboxylic acids is 1. The van der Waals surface area contributed by atoms with Gasteiger partial charge in [-0.3, -0.25) is 0 Å². The van der Waals surface area contributed by atoms with Gasteiger partial charge < -0.3 is 10.5 Å². The lowest BCUT2D eigenvalue weighted by Crippen LogP contribution is -2.16. The van der Waals surface area contributed by atoms with Crippen LogP contribution in [0.2, 0.25) is 0 Å². The number of hydrogen-bond acceptors (Lipinski definition) is 4. The number of rotatable bonds is 3. The van der Waals surface area contributed by atoms with Gasteiger partial charge in [-0.2, -0.15) is 5.10 Å². The molecule has 1 aliphatic rings. The van der Waals surface area contributed by atoms with E-state index in [2.05, 4.69) is 21.0 Å².